The number of rotatable bonds is 5. The molecule has 0 saturated carbocycles. The van der Waals surface area contributed by atoms with Crippen molar-refractivity contribution < 1.29 is 4.42 Å². The maximum absolute atomic E-state index is 6.42. The number of nitrogens with zero attached hydrogens (tertiary/aromatic N) is 2. The highest BCUT2D eigenvalue weighted by Crippen LogP contribution is 2.46. The molecule has 0 spiro atoms. The first-order valence-electron chi connectivity index (χ1n) is 18.1. The van der Waals surface area contributed by atoms with Crippen LogP contribution in [0.15, 0.2) is 199 Å². The van der Waals surface area contributed by atoms with Crippen molar-refractivity contribution in [3.05, 3.63) is 194 Å². The number of benzene rings is 9. The van der Waals surface area contributed by atoms with E-state index in [1.54, 1.807) is 0 Å². The lowest BCUT2D eigenvalue weighted by Gasteiger charge is -2.28. The summed E-state index contributed by atoms with van der Waals surface area (Å²) in [6, 6.07) is 69.9. The summed E-state index contributed by atoms with van der Waals surface area (Å²) < 4.78 is 8.79. The van der Waals surface area contributed by atoms with E-state index >= 15 is 0 Å². The van der Waals surface area contributed by atoms with Crippen molar-refractivity contribution >= 4 is 82.4 Å². The molecule has 0 unspecified atom stereocenters. The third kappa shape index (κ3) is 4.68. The van der Waals surface area contributed by atoms with Crippen molar-refractivity contribution in [2.45, 2.75) is 0 Å². The minimum atomic E-state index is 0.896. The molecule has 248 valence electrons. The van der Waals surface area contributed by atoms with Crippen molar-refractivity contribution in [1.29, 1.82) is 0 Å². The molecule has 53 heavy (non-hydrogen) atoms. The summed E-state index contributed by atoms with van der Waals surface area (Å²) in [5.41, 5.74) is 11.0. The summed E-state index contributed by atoms with van der Waals surface area (Å²) in [6.45, 7) is 0. The zero-order chi connectivity index (χ0) is 34.9. The van der Waals surface area contributed by atoms with Gasteiger partial charge in [0.25, 0.3) is 0 Å². The van der Waals surface area contributed by atoms with E-state index in [1.165, 1.54) is 49.1 Å². The second-order valence-corrected chi connectivity index (χ2v) is 13.8. The normalized spacial score (nSPS) is 11.8. The van der Waals surface area contributed by atoms with Gasteiger partial charge in [-0.15, -0.1) is 0 Å². The monoisotopic (exact) mass is 676 g/mol. The van der Waals surface area contributed by atoms with Gasteiger partial charge in [0.15, 0.2) is 0 Å². The Balaban J connectivity index is 1.21. The van der Waals surface area contributed by atoms with Crippen LogP contribution in [0.5, 0.6) is 0 Å². The van der Waals surface area contributed by atoms with Gasteiger partial charge >= 0.3 is 0 Å². The van der Waals surface area contributed by atoms with E-state index in [0.29, 0.717) is 0 Å². The first-order chi connectivity index (χ1) is 26.3. The molecule has 2 heterocycles. The van der Waals surface area contributed by atoms with Crippen molar-refractivity contribution in [3.63, 3.8) is 0 Å². The Labute approximate surface area is 306 Å². The first kappa shape index (κ1) is 29.6. The van der Waals surface area contributed by atoms with E-state index < -0.39 is 0 Å². The fourth-order valence-corrected chi connectivity index (χ4v) is 8.33. The second-order valence-electron chi connectivity index (χ2n) is 13.8. The predicted molar refractivity (Wildman–Crippen MR) is 223 cm³/mol. The van der Waals surface area contributed by atoms with Gasteiger partial charge < -0.3 is 13.9 Å². The summed E-state index contributed by atoms with van der Waals surface area (Å²) in [5.74, 6) is 0. The van der Waals surface area contributed by atoms with Crippen LogP contribution in [0, 0.1) is 0 Å². The molecule has 2 aromatic heterocycles. The van der Waals surface area contributed by atoms with Gasteiger partial charge in [-0.05, 0) is 100 Å². The minimum absolute atomic E-state index is 0.896. The number of anilines is 3. The lowest BCUT2D eigenvalue weighted by atomic mass is 9.97. The largest absolute Gasteiger partial charge is 0.456 e. The Bertz CT molecular complexity index is 3170. The van der Waals surface area contributed by atoms with Gasteiger partial charge in [-0.25, -0.2) is 0 Å². The summed E-state index contributed by atoms with van der Waals surface area (Å²) in [4.78, 5) is 2.44. The molecule has 0 atom stereocenters. The SMILES string of the molecule is c1ccc(-c2cccc(N(c3ccc4c(c3)c3ccccc3n4-c3ccccc3)c3cc4cc5oc6ccccc6c5cc4c4ccccc34)c2)cc1. The lowest BCUT2D eigenvalue weighted by Crippen LogP contribution is -2.11. The standard InChI is InChI=1S/C50H32N2O/c1-3-14-33(15-4-1)34-16-13-19-37(28-34)51(38-26-27-47-44(31-38)41-22-9-11-24-46(41)52(47)36-17-5-2-6-18-36)48-29-35-30-50-45(42-23-10-12-25-49(42)53-50)32-43(35)39-20-7-8-21-40(39)48/h1-32H. The fourth-order valence-electron chi connectivity index (χ4n) is 8.33. The topological polar surface area (TPSA) is 21.3 Å². The quantitative estimate of drug-likeness (QED) is 0.169. The number of fused-ring (bicyclic) bond motifs is 9. The van der Waals surface area contributed by atoms with Gasteiger partial charge in [0, 0.05) is 44.0 Å². The van der Waals surface area contributed by atoms with Crippen LogP contribution in [0.25, 0.3) is 82.1 Å². The Kier molecular flexibility index (Phi) is 6.55. The molecule has 0 amide bonds. The van der Waals surface area contributed by atoms with Crippen molar-refractivity contribution in [1.82, 2.24) is 4.57 Å². The highest BCUT2D eigenvalue weighted by atomic mass is 16.3. The smallest absolute Gasteiger partial charge is 0.136 e. The third-order valence-electron chi connectivity index (χ3n) is 10.7. The Morgan fingerprint density at radius 1 is 0.358 bits per heavy atom. The predicted octanol–water partition coefficient (Wildman–Crippen LogP) is 14.1. The van der Waals surface area contributed by atoms with E-state index in [2.05, 4.69) is 198 Å². The molecule has 0 N–H and O–H groups in total. The van der Waals surface area contributed by atoms with E-state index in [9.17, 15) is 0 Å². The highest BCUT2D eigenvalue weighted by Gasteiger charge is 2.21. The van der Waals surface area contributed by atoms with Crippen molar-refractivity contribution in [3.8, 4) is 16.8 Å². The first-order valence-corrected chi connectivity index (χ1v) is 18.1. The summed E-state index contributed by atoms with van der Waals surface area (Å²) >= 11 is 0. The summed E-state index contributed by atoms with van der Waals surface area (Å²) in [7, 11) is 0. The molecule has 3 nitrogen and oxygen atoms in total. The van der Waals surface area contributed by atoms with Crippen LogP contribution in [-0.4, -0.2) is 4.57 Å². The third-order valence-corrected chi connectivity index (χ3v) is 10.7. The molecule has 0 aliphatic rings. The number of para-hydroxylation sites is 3. The molecule has 11 aromatic rings. The number of hydrogen-bond acceptors (Lipinski definition) is 2. The zero-order valence-electron chi connectivity index (χ0n) is 28.8. The Morgan fingerprint density at radius 3 is 1.87 bits per heavy atom. The van der Waals surface area contributed by atoms with E-state index in [-0.39, 0.29) is 0 Å². The van der Waals surface area contributed by atoms with E-state index in [1.807, 2.05) is 6.07 Å². The van der Waals surface area contributed by atoms with Gasteiger partial charge in [-0.1, -0.05) is 121 Å². The molecule has 3 heteroatoms. The number of furan rings is 1. The van der Waals surface area contributed by atoms with Gasteiger partial charge in [-0.3, -0.25) is 0 Å². The summed E-state index contributed by atoms with van der Waals surface area (Å²) in [5, 5.41) is 9.45. The molecule has 11 rings (SSSR count). The Morgan fingerprint density at radius 2 is 1.02 bits per heavy atom. The fraction of sp³-hybridized carbons (Fsp3) is 0. The molecule has 9 aromatic carbocycles. The van der Waals surface area contributed by atoms with Crippen LogP contribution in [0.3, 0.4) is 0 Å². The van der Waals surface area contributed by atoms with E-state index in [0.717, 1.165) is 50.1 Å². The van der Waals surface area contributed by atoms with Crippen LogP contribution in [0.2, 0.25) is 0 Å². The highest BCUT2D eigenvalue weighted by molar-refractivity contribution is 6.20. The zero-order valence-corrected chi connectivity index (χ0v) is 28.8. The molecule has 0 saturated heterocycles. The van der Waals surface area contributed by atoms with Crippen LogP contribution >= 0.6 is 0 Å². The van der Waals surface area contributed by atoms with Crippen LogP contribution in [-0.2, 0) is 0 Å². The second kappa shape index (κ2) is 11.7. The maximum Gasteiger partial charge on any atom is 0.136 e. The minimum Gasteiger partial charge on any atom is -0.456 e. The van der Waals surface area contributed by atoms with Crippen molar-refractivity contribution in [2.24, 2.45) is 0 Å². The Hall–Kier alpha value is -7.10. The van der Waals surface area contributed by atoms with Crippen LogP contribution in [0.4, 0.5) is 17.1 Å². The molecule has 0 radical (unpaired) electrons. The molecule has 0 aliphatic carbocycles. The van der Waals surface area contributed by atoms with Gasteiger partial charge in [0.1, 0.15) is 11.2 Å². The van der Waals surface area contributed by atoms with Gasteiger partial charge in [0.2, 0.25) is 0 Å². The number of hydrogen-bond donors (Lipinski definition) is 0. The molecule has 0 fully saturated rings. The van der Waals surface area contributed by atoms with Crippen LogP contribution in [0.1, 0.15) is 0 Å². The average molecular weight is 677 g/mol. The summed E-state index contributed by atoms with van der Waals surface area (Å²) in [6.07, 6.45) is 0. The molecular weight excluding hydrogens is 645 g/mol. The average Bonchev–Trinajstić information content (AvgIpc) is 3.76. The lowest BCUT2D eigenvalue weighted by molar-refractivity contribution is 0.669. The van der Waals surface area contributed by atoms with E-state index in [4.69, 9.17) is 4.42 Å². The maximum atomic E-state index is 6.42. The number of aromatic nitrogens is 1. The van der Waals surface area contributed by atoms with Gasteiger partial charge in [-0.2, -0.15) is 0 Å². The molecule has 0 bridgehead atoms. The van der Waals surface area contributed by atoms with Gasteiger partial charge in [0.05, 0.1) is 16.7 Å². The van der Waals surface area contributed by atoms with Crippen LogP contribution < -0.4 is 4.90 Å². The molecular formula is C50H32N2O. The molecule has 0 aliphatic heterocycles. The van der Waals surface area contributed by atoms with Crippen molar-refractivity contribution in [2.75, 3.05) is 4.90 Å².